The van der Waals surface area contributed by atoms with Gasteiger partial charge in [-0.05, 0) is 47.6 Å². The molecule has 0 aliphatic carbocycles. The number of thiocarbonyl (C=S) groups is 1. The zero-order chi connectivity index (χ0) is 17.1. The van der Waals surface area contributed by atoms with E-state index in [-0.39, 0.29) is 6.79 Å². The molecule has 1 aliphatic rings. The molecule has 0 unspecified atom stereocenters. The van der Waals surface area contributed by atoms with Gasteiger partial charge in [-0.15, -0.1) is 0 Å². The SMILES string of the molecule is CN(Cc1ccc(Cl)c(Cl)c1)C(=S)NCc1ccc2c(c1)OCO2. The summed E-state index contributed by atoms with van der Waals surface area (Å²) in [6.07, 6.45) is 0. The molecule has 126 valence electrons. The topological polar surface area (TPSA) is 33.7 Å². The molecule has 1 aliphatic heterocycles. The van der Waals surface area contributed by atoms with E-state index in [1.807, 2.05) is 42.3 Å². The van der Waals surface area contributed by atoms with Crippen molar-refractivity contribution >= 4 is 40.5 Å². The van der Waals surface area contributed by atoms with Crippen LogP contribution in [0.4, 0.5) is 0 Å². The minimum atomic E-state index is 0.275. The van der Waals surface area contributed by atoms with E-state index in [1.165, 1.54) is 0 Å². The Balaban J connectivity index is 1.55. The molecule has 2 aromatic carbocycles. The lowest BCUT2D eigenvalue weighted by Gasteiger charge is -2.21. The van der Waals surface area contributed by atoms with E-state index in [0.717, 1.165) is 22.6 Å². The van der Waals surface area contributed by atoms with Gasteiger partial charge >= 0.3 is 0 Å². The summed E-state index contributed by atoms with van der Waals surface area (Å²) in [6, 6.07) is 11.4. The normalized spacial score (nSPS) is 12.1. The highest BCUT2D eigenvalue weighted by Gasteiger charge is 2.13. The zero-order valence-electron chi connectivity index (χ0n) is 13.0. The average molecular weight is 383 g/mol. The van der Waals surface area contributed by atoms with Crippen LogP contribution < -0.4 is 14.8 Å². The van der Waals surface area contributed by atoms with Crippen molar-refractivity contribution in [2.75, 3.05) is 13.8 Å². The third-order valence-corrected chi connectivity index (χ3v) is 4.83. The fourth-order valence-electron chi connectivity index (χ4n) is 2.35. The smallest absolute Gasteiger partial charge is 0.231 e. The molecule has 24 heavy (non-hydrogen) atoms. The van der Waals surface area contributed by atoms with Crippen molar-refractivity contribution in [1.29, 1.82) is 0 Å². The molecule has 1 N–H and O–H groups in total. The van der Waals surface area contributed by atoms with Crippen LogP contribution in [0.2, 0.25) is 10.0 Å². The lowest BCUT2D eigenvalue weighted by Crippen LogP contribution is -2.36. The van der Waals surface area contributed by atoms with Crippen molar-refractivity contribution in [3.63, 3.8) is 0 Å². The molecule has 7 heteroatoms. The third kappa shape index (κ3) is 4.04. The predicted molar refractivity (Wildman–Crippen MR) is 99.9 cm³/mol. The molecule has 0 aromatic heterocycles. The van der Waals surface area contributed by atoms with Crippen molar-refractivity contribution in [2.45, 2.75) is 13.1 Å². The number of hydrogen-bond donors (Lipinski definition) is 1. The molecule has 0 bridgehead atoms. The standard InChI is InChI=1S/C17H16Cl2N2O2S/c1-21(9-12-2-4-13(18)14(19)6-12)17(24)20-8-11-3-5-15-16(7-11)23-10-22-15/h2-7H,8-10H2,1H3,(H,20,24). The fraction of sp³-hybridized carbons (Fsp3) is 0.235. The maximum atomic E-state index is 6.04. The highest BCUT2D eigenvalue weighted by atomic mass is 35.5. The number of fused-ring (bicyclic) bond motifs is 1. The van der Waals surface area contributed by atoms with E-state index in [2.05, 4.69) is 5.32 Å². The minimum Gasteiger partial charge on any atom is -0.454 e. The van der Waals surface area contributed by atoms with Crippen molar-refractivity contribution < 1.29 is 9.47 Å². The number of ether oxygens (including phenoxy) is 2. The van der Waals surface area contributed by atoms with Gasteiger partial charge in [0.2, 0.25) is 6.79 Å². The lowest BCUT2D eigenvalue weighted by molar-refractivity contribution is 0.174. The van der Waals surface area contributed by atoms with E-state index < -0.39 is 0 Å². The van der Waals surface area contributed by atoms with Gasteiger partial charge in [-0.3, -0.25) is 0 Å². The number of hydrogen-bond acceptors (Lipinski definition) is 3. The van der Waals surface area contributed by atoms with Crippen LogP contribution >= 0.6 is 35.4 Å². The van der Waals surface area contributed by atoms with Gasteiger partial charge in [0.1, 0.15) is 0 Å². The summed E-state index contributed by atoms with van der Waals surface area (Å²) in [5.74, 6) is 1.54. The average Bonchev–Trinajstić information content (AvgIpc) is 3.03. The van der Waals surface area contributed by atoms with Gasteiger partial charge < -0.3 is 19.7 Å². The Kier molecular flexibility index (Phi) is 5.33. The van der Waals surface area contributed by atoms with Gasteiger partial charge in [-0.2, -0.15) is 0 Å². The maximum absolute atomic E-state index is 6.04. The molecule has 4 nitrogen and oxygen atoms in total. The predicted octanol–water partition coefficient (Wildman–Crippen LogP) is 4.23. The van der Waals surface area contributed by atoms with E-state index >= 15 is 0 Å². The minimum absolute atomic E-state index is 0.275. The van der Waals surface area contributed by atoms with Crippen molar-refractivity contribution in [1.82, 2.24) is 10.2 Å². The Bertz CT molecular complexity index is 770. The van der Waals surface area contributed by atoms with Crippen molar-refractivity contribution in [3.05, 3.63) is 57.6 Å². The first-order valence-electron chi connectivity index (χ1n) is 7.34. The summed E-state index contributed by atoms with van der Waals surface area (Å²) in [5.41, 5.74) is 2.11. The van der Waals surface area contributed by atoms with Crippen LogP contribution in [0.25, 0.3) is 0 Å². The Morgan fingerprint density at radius 2 is 1.83 bits per heavy atom. The Labute approximate surface area is 156 Å². The molecule has 3 rings (SSSR count). The van der Waals surface area contributed by atoms with Crippen LogP contribution in [0.15, 0.2) is 36.4 Å². The summed E-state index contributed by atoms with van der Waals surface area (Å²) < 4.78 is 10.7. The fourth-order valence-corrected chi connectivity index (χ4v) is 2.80. The number of halogens is 2. The second kappa shape index (κ2) is 7.47. The summed E-state index contributed by atoms with van der Waals surface area (Å²) in [5, 5.41) is 4.98. The lowest BCUT2D eigenvalue weighted by atomic mass is 10.2. The van der Waals surface area contributed by atoms with Gasteiger partial charge in [-0.25, -0.2) is 0 Å². The van der Waals surface area contributed by atoms with Crippen LogP contribution in [0.1, 0.15) is 11.1 Å². The molecule has 1 heterocycles. The van der Waals surface area contributed by atoms with E-state index in [0.29, 0.717) is 28.2 Å². The Morgan fingerprint density at radius 1 is 1.08 bits per heavy atom. The van der Waals surface area contributed by atoms with Crippen LogP contribution in [-0.2, 0) is 13.1 Å². The van der Waals surface area contributed by atoms with Gasteiger partial charge in [0.25, 0.3) is 0 Å². The highest BCUT2D eigenvalue weighted by molar-refractivity contribution is 7.80. The first kappa shape index (κ1) is 17.1. The number of benzene rings is 2. The summed E-state index contributed by atoms with van der Waals surface area (Å²) in [4.78, 5) is 1.95. The first-order chi connectivity index (χ1) is 11.5. The van der Waals surface area contributed by atoms with Crippen molar-refractivity contribution in [3.8, 4) is 11.5 Å². The monoisotopic (exact) mass is 382 g/mol. The molecule has 0 saturated carbocycles. The molecular weight excluding hydrogens is 367 g/mol. The molecule has 0 saturated heterocycles. The summed E-state index contributed by atoms with van der Waals surface area (Å²) in [7, 11) is 1.93. The van der Waals surface area contributed by atoms with Crippen LogP contribution in [-0.4, -0.2) is 23.9 Å². The van der Waals surface area contributed by atoms with Crippen LogP contribution in [0, 0.1) is 0 Å². The summed E-state index contributed by atoms with van der Waals surface area (Å²) >= 11 is 17.4. The number of nitrogens with one attached hydrogen (secondary N) is 1. The first-order valence-corrected chi connectivity index (χ1v) is 8.51. The second-order valence-corrected chi connectivity index (χ2v) is 6.65. The maximum Gasteiger partial charge on any atom is 0.231 e. The third-order valence-electron chi connectivity index (χ3n) is 3.63. The molecule has 0 atom stereocenters. The molecular formula is C17H16Cl2N2O2S. The van der Waals surface area contributed by atoms with E-state index in [1.54, 1.807) is 6.07 Å². The number of nitrogens with zero attached hydrogens (tertiary/aromatic N) is 1. The van der Waals surface area contributed by atoms with Gasteiger partial charge in [-0.1, -0.05) is 35.3 Å². The molecule has 0 amide bonds. The largest absolute Gasteiger partial charge is 0.454 e. The highest BCUT2D eigenvalue weighted by Crippen LogP contribution is 2.32. The van der Waals surface area contributed by atoms with Crippen molar-refractivity contribution in [2.24, 2.45) is 0 Å². The molecule has 2 aromatic rings. The second-order valence-electron chi connectivity index (χ2n) is 5.45. The Morgan fingerprint density at radius 3 is 2.62 bits per heavy atom. The van der Waals surface area contributed by atoms with Crippen LogP contribution in [0.5, 0.6) is 11.5 Å². The van der Waals surface area contributed by atoms with E-state index in [9.17, 15) is 0 Å². The quantitative estimate of drug-likeness (QED) is 0.800. The van der Waals surface area contributed by atoms with Gasteiger partial charge in [0.05, 0.1) is 10.0 Å². The van der Waals surface area contributed by atoms with Gasteiger partial charge in [0.15, 0.2) is 16.6 Å². The molecule has 0 spiro atoms. The van der Waals surface area contributed by atoms with E-state index in [4.69, 9.17) is 44.9 Å². The molecule has 0 radical (unpaired) electrons. The zero-order valence-corrected chi connectivity index (χ0v) is 15.3. The summed E-state index contributed by atoms with van der Waals surface area (Å²) in [6.45, 7) is 1.53. The number of rotatable bonds is 4. The molecule has 0 fully saturated rings. The Hall–Kier alpha value is -1.69. The van der Waals surface area contributed by atoms with Gasteiger partial charge in [0, 0.05) is 20.1 Å². The van der Waals surface area contributed by atoms with Crippen LogP contribution in [0.3, 0.4) is 0 Å².